The van der Waals surface area contributed by atoms with Crippen LogP contribution in [0.2, 0.25) is 5.02 Å². The lowest BCUT2D eigenvalue weighted by Gasteiger charge is -2.06. The highest BCUT2D eigenvalue weighted by Gasteiger charge is 2.12. The number of hydrogen-bond donors (Lipinski definition) is 3. The van der Waals surface area contributed by atoms with Gasteiger partial charge in [0.25, 0.3) is 0 Å². The Morgan fingerprint density at radius 2 is 1.96 bits per heavy atom. The van der Waals surface area contributed by atoms with Crippen molar-refractivity contribution in [3.63, 3.8) is 0 Å². The molecule has 0 aliphatic carbocycles. The SMILES string of the molecule is CS(=O)(=O)c1ccc2nc(NC(=O)Nc3ccc(O)c(Cl)c3)sc2c1. The van der Waals surface area contributed by atoms with Crippen molar-refractivity contribution in [2.24, 2.45) is 0 Å². The van der Waals surface area contributed by atoms with E-state index >= 15 is 0 Å². The summed E-state index contributed by atoms with van der Waals surface area (Å²) in [6.07, 6.45) is 1.13. The second-order valence-corrected chi connectivity index (χ2v) is 8.62. The van der Waals surface area contributed by atoms with E-state index < -0.39 is 15.9 Å². The lowest BCUT2D eigenvalue weighted by molar-refractivity contribution is 0.262. The molecule has 2 aromatic carbocycles. The first kappa shape index (κ1) is 17.5. The first-order valence-electron chi connectivity index (χ1n) is 6.89. The topological polar surface area (TPSA) is 108 Å². The van der Waals surface area contributed by atoms with Gasteiger partial charge in [-0.3, -0.25) is 5.32 Å². The molecule has 3 rings (SSSR count). The van der Waals surface area contributed by atoms with Crippen LogP contribution >= 0.6 is 22.9 Å². The predicted molar refractivity (Wildman–Crippen MR) is 98.5 cm³/mol. The van der Waals surface area contributed by atoms with E-state index in [4.69, 9.17) is 11.6 Å². The van der Waals surface area contributed by atoms with E-state index in [0.29, 0.717) is 21.0 Å². The van der Waals surface area contributed by atoms with Gasteiger partial charge in [-0.25, -0.2) is 18.2 Å². The van der Waals surface area contributed by atoms with E-state index in [1.54, 1.807) is 6.07 Å². The third-order valence-corrected chi connectivity index (χ3v) is 5.56. The molecule has 0 aliphatic rings. The van der Waals surface area contributed by atoms with Crippen LogP contribution in [0, 0.1) is 0 Å². The first-order valence-corrected chi connectivity index (χ1v) is 9.98. The highest BCUT2D eigenvalue weighted by atomic mass is 35.5. The fourth-order valence-corrected chi connectivity index (χ4v) is 3.84. The summed E-state index contributed by atoms with van der Waals surface area (Å²) in [5, 5.41) is 14.9. The number of hydrogen-bond acceptors (Lipinski definition) is 6. The zero-order valence-corrected chi connectivity index (χ0v) is 15.2. The third kappa shape index (κ3) is 4.01. The molecule has 0 saturated heterocycles. The first-order chi connectivity index (χ1) is 11.7. The van der Waals surface area contributed by atoms with E-state index in [-0.39, 0.29) is 15.7 Å². The Morgan fingerprint density at radius 1 is 1.20 bits per heavy atom. The van der Waals surface area contributed by atoms with Gasteiger partial charge < -0.3 is 10.4 Å². The summed E-state index contributed by atoms with van der Waals surface area (Å²) in [5.74, 6) is -0.0829. The van der Waals surface area contributed by atoms with Crippen molar-refractivity contribution < 1.29 is 18.3 Å². The number of fused-ring (bicyclic) bond motifs is 1. The number of carbonyl (C=O) groups is 1. The molecule has 0 saturated carbocycles. The summed E-state index contributed by atoms with van der Waals surface area (Å²) in [4.78, 5) is 16.5. The zero-order chi connectivity index (χ0) is 18.2. The number of aromatic hydroxyl groups is 1. The normalized spacial score (nSPS) is 11.4. The highest BCUT2D eigenvalue weighted by Crippen LogP contribution is 2.29. The molecule has 0 spiro atoms. The van der Waals surface area contributed by atoms with Crippen molar-refractivity contribution in [3.8, 4) is 5.75 Å². The standard InChI is InChI=1S/C15H12ClN3O4S2/c1-25(22,23)9-3-4-11-13(7-9)24-15(18-11)19-14(21)17-8-2-5-12(20)10(16)6-8/h2-7,20H,1H3,(H2,17,18,19,21). The number of aromatic nitrogens is 1. The van der Waals surface area contributed by atoms with Crippen molar-refractivity contribution in [2.45, 2.75) is 4.90 Å². The van der Waals surface area contributed by atoms with Gasteiger partial charge in [0.1, 0.15) is 5.75 Å². The highest BCUT2D eigenvalue weighted by molar-refractivity contribution is 7.90. The smallest absolute Gasteiger partial charge is 0.325 e. The Morgan fingerprint density at radius 3 is 2.64 bits per heavy atom. The van der Waals surface area contributed by atoms with E-state index in [1.807, 2.05) is 0 Å². The zero-order valence-electron chi connectivity index (χ0n) is 12.8. The Balaban J connectivity index is 1.78. The second-order valence-electron chi connectivity index (χ2n) is 5.17. The van der Waals surface area contributed by atoms with E-state index in [9.17, 15) is 18.3 Å². The fraction of sp³-hybridized carbons (Fsp3) is 0.0667. The van der Waals surface area contributed by atoms with Gasteiger partial charge in [0.05, 0.1) is 20.1 Å². The molecule has 0 fully saturated rings. The molecule has 1 heterocycles. The van der Waals surface area contributed by atoms with Crippen LogP contribution in [-0.2, 0) is 9.84 Å². The molecule has 0 radical (unpaired) electrons. The Hall–Kier alpha value is -2.36. The summed E-state index contributed by atoms with van der Waals surface area (Å²) in [6, 6.07) is 8.31. The monoisotopic (exact) mass is 397 g/mol. The maximum absolute atomic E-state index is 12.0. The summed E-state index contributed by atoms with van der Waals surface area (Å²) in [5.41, 5.74) is 0.987. The Bertz CT molecular complexity index is 1080. The van der Waals surface area contributed by atoms with E-state index in [2.05, 4.69) is 15.6 Å². The summed E-state index contributed by atoms with van der Waals surface area (Å²) >= 11 is 6.94. The molecule has 0 bridgehead atoms. The van der Waals surface area contributed by atoms with Crippen LogP contribution in [0.5, 0.6) is 5.75 Å². The molecule has 0 aliphatic heterocycles. The van der Waals surface area contributed by atoms with Gasteiger partial charge in [0.2, 0.25) is 0 Å². The number of nitrogens with zero attached hydrogens (tertiary/aromatic N) is 1. The number of halogens is 1. The summed E-state index contributed by atoms with van der Waals surface area (Å²) in [7, 11) is -3.31. The number of amides is 2. The van der Waals surface area contributed by atoms with Gasteiger partial charge in [-0.05, 0) is 36.4 Å². The van der Waals surface area contributed by atoms with Gasteiger partial charge in [0.15, 0.2) is 15.0 Å². The van der Waals surface area contributed by atoms with Crippen molar-refractivity contribution in [1.82, 2.24) is 4.98 Å². The Kier molecular flexibility index (Phi) is 4.55. The quantitative estimate of drug-likeness (QED) is 0.584. The maximum Gasteiger partial charge on any atom is 0.325 e. The summed E-state index contributed by atoms with van der Waals surface area (Å²) in [6.45, 7) is 0. The molecule has 3 N–H and O–H groups in total. The second kappa shape index (κ2) is 6.51. The number of nitrogens with one attached hydrogen (secondary N) is 2. The molecule has 7 nitrogen and oxygen atoms in total. The molecule has 0 unspecified atom stereocenters. The molecule has 2 amide bonds. The van der Waals surface area contributed by atoms with Crippen molar-refractivity contribution in [3.05, 3.63) is 41.4 Å². The number of sulfone groups is 1. The largest absolute Gasteiger partial charge is 0.506 e. The number of benzene rings is 2. The minimum atomic E-state index is -3.31. The number of urea groups is 1. The summed E-state index contributed by atoms with van der Waals surface area (Å²) < 4.78 is 23.8. The number of thiazole rings is 1. The lowest BCUT2D eigenvalue weighted by Crippen LogP contribution is -2.19. The van der Waals surface area contributed by atoms with Crippen LogP contribution in [-0.4, -0.2) is 30.8 Å². The Labute approximate surface area is 152 Å². The fourth-order valence-electron chi connectivity index (χ4n) is 2.03. The van der Waals surface area contributed by atoms with Crippen LogP contribution < -0.4 is 10.6 Å². The van der Waals surface area contributed by atoms with Crippen LogP contribution in [0.4, 0.5) is 15.6 Å². The van der Waals surface area contributed by atoms with Crippen molar-refractivity contribution in [1.29, 1.82) is 0 Å². The molecule has 0 atom stereocenters. The van der Waals surface area contributed by atoms with Crippen molar-refractivity contribution >= 4 is 59.8 Å². The number of phenolic OH excluding ortho intramolecular Hbond substituents is 1. The minimum Gasteiger partial charge on any atom is -0.506 e. The van der Waals surface area contributed by atoms with Crippen LogP contribution in [0.3, 0.4) is 0 Å². The van der Waals surface area contributed by atoms with Gasteiger partial charge in [-0.15, -0.1) is 0 Å². The molecule has 25 heavy (non-hydrogen) atoms. The van der Waals surface area contributed by atoms with Crippen LogP contribution in [0.1, 0.15) is 0 Å². The molecule has 130 valence electrons. The minimum absolute atomic E-state index is 0.0829. The molecule has 1 aromatic heterocycles. The van der Waals surface area contributed by atoms with Gasteiger partial charge in [-0.1, -0.05) is 22.9 Å². The molecular formula is C15H12ClN3O4S2. The van der Waals surface area contributed by atoms with Gasteiger partial charge in [0, 0.05) is 11.9 Å². The third-order valence-electron chi connectivity index (χ3n) is 3.21. The molecular weight excluding hydrogens is 386 g/mol. The average molecular weight is 398 g/mol. The van der Waals surface area contributed by atoms with Gasteiger partial charge >= 0.3 is 6.03 Å². The van der Waals surface area contributed by atoms with Crippen LogP contribution in [0.25, 0.3) is 10.2 Å². The molecule has 3 aromatic rings. The molecule has 10 heteroatoms. The number of phenols is 1. The van der Waals surface area contributed by atoms with E-state index in [0.717, 1.165) is 17.6 Å². The number of anilines is 2. The average Bonchev–Trinajstić information content (AvgIpc) is 2.91. The van der Waals surface area contributed by atoms with Crippen molar-refractivity contribution in [2.75, 3.05) is 16.9 Å². The van der Waals surface area contributed by atoms with Gasteiger partial charge in [-0.2, -0.15) is 0 Å². The lowest BCUT2D eigenvalue weighted by atomic mass is 10.3. The maximum atomic E-state index is 12.0. The number of carbonyl (C=O) groups excluding carboxylic acids is 1. The number of rotatable bonds is 3. The predicted octanol–water partition coefficient (Wildman–Crippen LogP) is 3.70. The van der Waals surface area contributed by atoms with Crippen LogP contribution in [0.15, 0.2) is 41.3 Å². The van der Waals surface area contributed by atoms with E-state index in [1.165, 1.54) is 30.3 Å².